The van der Waals surface area contributed by atoms with Crippen LogP contribution in [0.1, 0.15) is 31.7 Å². The standard InChI is InChI=1S/C15H24N2O3S/c1-2-16-12-13-6-3-4-8-15(13)21(18,19)17-10-9-14-7-5-11-20-14/h3-4,6,8,14,16-17H,2,5,7,9-12H2,1H3. The van der Waals surface area contributed by atoms with Gasteiger partial charge in [-0.2, -0.15) is 0 Å². The van der Waals surface area contributed by atoms with E-state index in [-0.39, 0.29) is 6.10 Å². The zero-order valence-electron chi connectivity index (χ0n) is 12.5. The summed E-state index contributed by atoms with van der Waals surface area (Å²) < 4.78 is 33.0. The van der Waals surface area contributed by atoms with Gasteiger partial charge in [-0.3, -0.25) is 0 Å². The highest BCUT2D eigenvalue weighted by molar-refractivity contribution is 7.89. The summed E-state index contributed by atoms with van der Waals surface area (Å²) in [6, 6.07) is 7.11. The Kier molecular flexibility index (Phi) is 6.17. The molecule has 1 fully saturated rings. The molecule has 2 N–H and O–H groups in total. The number of benzene rings is 1. The molecular formula is C15H24N2O3S. The van der Waals surface area contributed by atoms with Gasteiger partial charge in [0.25, 0.3) is 0 Å². The van der Waals surface area contributed by atoms with Crippen molar-refractivity contribution in [2.24, 2.45) is 0 Å². The molecule has 5 nitrogen and oxygen atoms in total. The summed E-state index contributed by atoms with van der Waals surface area (Å²) in [5, 5.41) is 3.17. The number of rotatable bonds is 8. The van der Waals surface area contributed by atoms with E-state index in [9.17, 15) is 8.42 Å². The molecular weight excluding hydrogens is 288 g/mol. The third-order valence-corrected chi connectivity index (χ3v) is 5.17. The molecule has 1 aromatic carbocycles. The molecule has 21 heavy (non-hydrogen) atoms. The SMILES string of the molecule is CCNCc1ccccc1S(=O)(=O)NCCC1CCCO1. The predicted molar refractivity (Wildman–Crippen MR) is 82.6 cm³/mol. The summed E-state index contributed by atoms with van der Waals surface area (Å²) in [6.07, 6.45) is 3.03. The summed E-state index contributed by atoms with van der Waals surface area (Å²) in [6.45, 7) is 4.57. The maximum atomic E-state index is 12.4. The third-order valence-electron chi connectivity index (χ3n) is 3.61. The molecule has 1 unspecified atom stereocenters. The van der Waals surface area contributed by atoms with E-state index in [0.29, 0.717) is 18.0 Å². The number of ether oxygens (including phenoxy) is 1. The molecule has 1 heterocycles. The Morgan fingerprint density at radius 3 is 2.86 bits per heavy atom. The summed E-state index contributed by atoms with van der Waals surface area (Å²) in [5.74, 6) is 0. The van der Waals surface area contributed by atoms with Crippen LogP contribution < -0.4 is 10.0 Å². The molecule has 1 atom stereocenters. The predicted octanol–water partition coefficient (Wildman–Crippen LogP) is 1.64. The second-order valence-electron chi connectivity index (χ2n) is 5.21. The van der Waals surface area contributed by atoms with Crippen molar-refractivity contribution in [3.8, 4) is 0 Å². The van der Waals surface area contributed by atoms with Crippen molar-refractivity contribution < 1.29 is 13.2 Å². The van der Waals surface area contributed by atoms with Gasteiger partial charge in [0.1, 0.15) is 0 Å². The zero-order valence-corrected chi connectivity index (χ0v) is 13.3. The molecule has 0 spiro atoms. The smallest absolute Gasteiger partial charge is 0.240 e. The van der Waals surface area contributed by atoms with Crippen LogP contribution in [0, 0.1) is 0 Å². The maximum Gasteiger partial charge on any atom is 0.240 e. The molecule has 1 aliphatic rings. The number of hydrogen-bond donors (Lipinski definition) is 2. The van der Waals surface area contributed by atoms with Gasteiger partial charge in [-0.15, -0.1) is 0 Å². The fraction of sp³-hybridized carbons (Fsp3) is 0.600. The van der Waals surface area contributed by atoms with Gasteiger partial charge >= 0.3 is 0 Å². The Balaban J connectivity index is 1.97. The van der Waals surface area contributed by atoms with Crippen LogP contribution in [0.25, 0.3) is 0 Å². The van der Waals surface area contributed by atoms with Crippen LogP contribution in [0.3, 0.4) is 0 Å². The van der Waals surface area contributed by atoms with Gasteiger partial charge in [-0.25, -0.2) is 13.1 Å². The lowest BCUT2D eigenvalue weighted by atomic mass is 10.2. The van der Waals surface area contributed by atoms with Crippen LogP contribution in [-0.2, 0) is 21.3 Å². The van der Waals surface area contributed by atoms with Gasteiger partial charge < -0.3 is 10.1 Å². The Hall–Kier alpha value is -0.950. The molecule has 1 aliphatic heterocycles. The van der Waals surface area contributed by atoms with Gasteiger partial charge in [0.2, 0.25) is 10.0 Å². The van der Waals surface area contributed by atoms with Gasteiger partial charge in [-0.1, -0.05) is 25.1 Å². The number of hydrogen-bond acceptors (Lipinski definition) is 4. The van der Waals surface area contributed by atoms with E-state index in [1.54, 1.807) is 12.1 Å². The van der Waals surface area contributed by atoms with Crippen LogP contribution >= 0.6 is 0 Å². The molecule has 0 radical (unpaired) electrons. The molecule has 2 rings (SSSR count). The average Bonchev–Trinajstić information content (AvgIpc) is 2.98. The van der Waals surface area contributed by atoms with E-state index in [1.807, 2.05) is 19.1 Å². The quantitative estimate of drug-likeness (QED) is 0.766. The molecule has 0 bridgehead atoms. The first kappa shape index (κ1) is 16.4. The average molecular weight is 312 g/mol. The van der Waals surface area contributed by atoms with E-state index >= 15 is 0 Å². The lowest BCUT2D eigenvalue weighted by Gasteiger charge is -2.13. The van der Waals surface area contributed by atoms with E-state index in [1.165, 1.54) is 0 Å². The van der Waals surface area contributed by atoms with Gasteiger partial charge in [0, 0.05) is 19.7 Å². The summed E-state index contributed by atoms with van der Waals surface area (Å²) >= 11 is 0. The first-order valence-corrected chi connectivity index (χ1v) is 9.01. The number of sulfonamides is 1. The van der Waals surface area contributed by atoms with E-state index < -0.39 is 10.0 Å². The molecule has 6 heteroatoms. The fourth-order valence-corrected chi connectivity index (χ4v) is 3.76. The van der Waals surface area contributed by atoms with Crippen LogP contribution in [0.15, 0.2) is 29.2 Å². The van der Waals surface area contributed by atoms with Gasteiger partial charge in [0.15, 0.2) is 0 Å². The van der Waals surface area contributed by atoms with Crippen LogP contribution in [0.4, 0.5) is 0 Å². The largest absolute Gasteiger partial charge is 0.378 e. The van der Waals surface area contributed by atoms with E-state index in [0.717, 1.165) is 38.0 Å². The second kappa shape index (κ2) is 7.89. The Morgan fingerprint density at radius 2 is 2.14 bits per heavy atom. The zero-order chi connectivity index (χ0) is 15.1. The van der Waals surface area contributed by atoms with Crippen molar-refractivity contribution in [1.82, 2.24) is 10.0 Å². The summed E-state index contributed by atoms with van der Waals surface area (Å²) in [4.78, 5) is 0.360. The normalized spacial score (nSPS) is 19.0. The molecule has 0 aliphatic carbocycles. The monoisotopic (exact) mass is 312 g/mol. The molecule has 0 amide bonds. The first-order chi connectivity index (χ1) is 10.1. The topological polar surface area (TPSA) is 67.4 Å². The van der Waals surface area contributed by atoms with Crippen LogP contribution in [-0.4, -0.2) is 34.2 Å². The lowest BCUT2D eigenvalue weighted by Crippen LogP contribution is -2.28. The minimum atomic E-state index is -3.46. The van der Waals surface area contributed by atoms with Gasteiger partial charge in [0.05, 0.1) is 11.0 Å². The molecule has 0 saturated carbocycles. The van der Waals surface area contributed by atoms with E-state index in [4.69, 9.17) is 4.74 Å². The van der Waals surface area contributed by atoms with Crippen LogP contribution in [0.5, 0.6) is 0 Å². The van der Waals surface area contributed by atoms with Crippen molar-refractivity contribution in [2.45, 2.75) is 43.7 Å². The highest BCUT2D eigenvalue weighted by Gasteiger charge is 2.19. The second-order valence-corrected chi connectivity index (χ2v) is 6.94. The lowest BCUT2D eigenvalue weighted by molar-refractivity contribution is 0.105. The van der Waals surface area contributed by atoms with Crippen molar-refractivity contribution in [2.75, 3.05) is 19.7 Å². The third kappa shape index (κ3) is 4.78. The van der Waals surface area contributed by atoms with Crippen molar-refractivity contribution in [1.29, 1.82) is 0 Å². The first-order valence-electron chi connectivity index (χ1n) is 7.53. The van der Waals surface area contributed by atoms with Crippen molar-refractivity contribution in [3.05, 3.63) is 29.8 Å². The van der Waals surface area contributed by atoms with Crippen LogP contribution in [0.2, 0.25) is 0 Å². The Bertz CT molecular complexity index is 540. The highest BCUT2D eigenvalue weighted by atomic mass is 32.2. The summed E-state index contributed by atoms with van der Waals surface area (Å²) in [7, 11) is -3.46. The minimum Gasteiger partial charge on any atom is -0.378 e. The molecule has 1 saturated heterocycles. The fourth-order valence-electron chi connectivity index (χ4n) is 2.48. The highest BCUT2D eigenvalue weighted by Crippen LogP contribution is 2.17. The molecule has 1 aromatic rings. The van der Waals surface area contributed by atoms with E-state index in [2.05, 4.69) is 10.0 Å². The van der Waals surface area contributed by atoms with Gasteiger partial charge in [-0.05, 0) is 37.4 Å². The maximum absolute atomic E-state index is 12.4. The summed E-state index contributed by atoms with van der Waals surface area (Å²) in [5.41, 5.74) is 0.795. The molecule has 0 aromatic heterocycles. The van der Waals surface area contributed by atoms with Crippen molar-refractivity contribution in [3.63, 3.8) is 0 Å². The Labute approximate surface area is 127 Å². The number of nitrogens with one attached hydrogen (secondary N) is 2. The Morgan fingerprint density at radius 1 is 1.33 bits per heavy atom. The van der Waals surface area contributed by atoms with Crippen molar-refractivity contribution >= 4 is 10.0 Å². The molecule has 118 valence electrons. The minimum absolute atomic E-state index is 0.199.